The van der Waals surface area contributed by atoms with Gasteiger partial charge in [-0.3, -0.25) is 9.59 Å². The van der Waals surface area contributed by atoms with Gasteiger partial charge in [-0.15, -0.1) is 0 Å². The van der Waals surface area contributed by atoms with Gasteiger partial charge >= 0.3 is 0 Å². The quantitative estimate of drug-likeness (QED) is 0.743. The monoisotopic (exact) mass is 386 g/mol. The minimum absolute atomic E-state index is 0.126. The van der Waals surface area contributed by atoms with Gasteiger partial charge in [0.05, 0.1) is 6.42 Å². The standard InChI is InChI=1S/C22H27ClN2O2/c1-16(2)14-24-22(27)17(3)25(15-18-9-5-4-6-10-18)21(26)13-19-11-7-8-12-20(19)23/h4-12,16-17H,13-15H2,1-3H3,(H,24,27)/t17-/m1/s1. The molecule has 1 atom stereocenters. The summed E-state index contributed by atoms with van der Waals surface area (Å²) in [5.74, 6) is 0.0776. The molecule has 0 unspecified atom stereocenters. The minimum atomic E-state index is -0.570. The highest BCUT2D eigenvalue weighted by Gasteiger charge is 2.26. The number of hydrogen-bond donors (Lipinski definition) is 1. The summed E-state index contributed by atoms with van der Waals surface area (Å²) in [7, 11) is 0. The van der Waals surface area contributed by atoms with Gasteiger partial charge < -0.3 is 10.2 Å². The summed E-state index contributed by atoms with van der Waals surface area (Å²) in [5.41, 5.74) is 1.74. The maximum absolute atomic E-state index is 13.0. The van der Waals surface area contributed by atoms with Gasteiger partial charge in [0, 0.05) is 18.1 Å². The van der Waals surface area contributed by atoms with Gasteiger partial charge in [-0.2, -0.15) is 0 Å². The molecule has 2 rings (SSSR count). The first-order chi connectivity index (χ1) is 12.9. The van der Waals surface area contributed by atoms with E-state index in [1.165, 1.54) is 0 Å². The molecular weight excluding hydrogens is 360 g/mol. The first-order valence-corrected chi connectivity index (χ1v) is 9.60. The molecule has 0 saturated carbocycles. The van der Waals surface area contributed by atoms with E-state index in [0.717, 1.165) is 11.1 Å². The summed E-state index contributed by atoms with van der Waals surface area (Å²) in [5, 5.41) is 3.48. The van der Waals surface area contributed by atoms with Crippen LogP contribution in [-0.4, -0.2) is 29.3 Å². The van der Waals surface area contributed by atoms with Gasteiger partial charge in [-0.1, -0.05) is 74.0 Å². The highest BCUT2D eigenvalue weighted by molar-refractivity contribution is 6.31. The molecule has 0 aliphatic carbocycles. The molecule has 2 amide bonds. The molecule has 0 radical (unpaired) electrons. The molecule has 1 N–H and O–H groups in total. The van der Waals surface area contributed by atoms with Crippen molar-refractivity contribution in [3.8, 4) is 0 Å². The second-order valence-electron chi connectivity index (χ2n) is 7.09. The van der Waals surface area contributed by atoms with Crippen LogP contribution in [0.1, 0.15) is 31.9 Å². The Morgan fingerprint density at radius 3 is 2.26 bits per heavy atom. The average Bonchev–Trinajstić information content (AvgIpc) is 2.66. The van der Waals surface area contributed by atoms with E-state index in [1.807, 2.05) is 62.4 Å². The van der Waals surface area contributed by atoms with Crippen molar-refractivity contribution in [1.29, 1.82) is 0 Å². The Morgan fingerprint density at radius 2 is 1.63 bits per heavy atom. The van der Waals surface area contributed by atoms with Crippen LogP contribution >= 0.6 is 11.6 Å². The van der Waals surface area contributed by atoms with Crippen LogP contribution in [0.5, 0.6) is 0 Å². The predicted molar refractivity (Wildman–Crippen MR) is 109 cm³/mol. The van der Waals surface area contributed by atoms with Crippen LogP contribution in [0.25, 0.3) is 0 Å². The van der Waals surface area contributed by atoms with Gasteiger partial charge in [0.2, 0.25) is 11.8 Å². The first kappa shape index (κ1) is 21.0. The van der Waals surface area contributed by atoms with E-state index >= 15 is 0 Å². The molecule has 0 heterocycles. The van der Waals surface area contributed by atoms with Crippen molar-refractivity contribution in [1.82, 2.24) is 10.2 Å². The Labute approximate surface area is 166 Å². The molecule has 27 heavy (non-hydrogen) atoms. The van der Waals surface area contributed by atoms with Gasteiger partial charge in [-0.05, 0) is 30.0 Å². The second-order valence-corrected chi connectivity index (χ2v) is 7.50. The van der Waals surface area contributed by atoms with E-state index in [0.29, 0.717) is 24.0 Å². The topological polar surface area (TPSA) is 49.4 Å². The normalized spacial score (nSPS) is 11.9. The molecule has 2 aromatic rings. The Bertz CT molecular complexity index is 762. The number of amides is 2. The largest absolute Gasteiger partial charge is 0.354 e. The number of carbonyl (C=O) groups excluding carboxylic acids is 2. The van der Waals surface area contributed by atoms with E-state index in [9.17, 15) is 9.59 Å². The Morgan fingerprint density at radius 1 is 1.00 bits per heavy atom. The number of benzene rings is 2. The smallest absolute Gasteiger partial charge is 0.242 e. The van der Waals surface area contributed by atoms with Crippen LogP contribution in [0.4, 0.5) is 0 Å². The molecular formula is C22H27ClN2O2. The Hall–Kier alpha value is -2.33. The van der Waals surface area contributed by atoms with Gasteiger partial charge in [0.1, 0.15) is 6.04 Å². The van der Waals surface area contributed by atoms with Crippen LogP contribution in [0, 0.1) is 5.92 Å². The molecule has 5 heteroatoms. The van der Waals surface area contributed by atoms with Gasteiger partial charge in [0.25, 0.3) is 0 Å². The van der Waals surface area contributed by atoms with Crippen molar-refractivity contribution >= 4 is 23.4 Å². The molecule has 2 aromatic carbocycles. The summed E-state index contributed by atoms with van der Waals surface area (Å²) in [6.45, 7) is 6.80. The lowest BCUT2D eigenvalue weighted by Gasteiger charge is -2.29. The second kappa shape index (κ2) is 10.1. The molecule has 0 aromatic heterocycles. The van der Waals surface area contributed by atoms with Gasteiger partial charge in [-0.25, -0.2) is 0 Å². The number of hydrogen-bond acceptors (Lipinski definition) is 2. The zero-order valence-electron chi connectivity index (χ0n) is 16.1. The summed E-state index contributed by atoms with van der Waals surface area (Å²) in [4.78, 5) is 27.2. The third-order valence-corrected chi connectivity index (χ3v) is 4.72. The summed E-state index contributed by atoms with van der Waals surface area (Å²) >= 11 is 6.21. The van der Waals surface area contributed by atoms with Crippen molar-refractivity contribution < 1.29 is 9.59 Å². The minimum Gasteiger partial charge on any atom is -0.354 e. The van der Waals surface area contributed by atoms with Crippen molar-refractivity contribution in [2.75, 3.05) is 6.54 Å². The SMILES string of the molecule is CC(C)CNC(=O)[C@@H](C)N(Cc1ccccc1)C(=O)Cc1ccccc1Cl. The fraction of sp³-hybridized carbons (Fsp3) is 0.364. The van der Waals surface area contributed by atoms with E-state index < -0.39 is 6.04 Å². The van der Waals surface area contributed by atoms with E-state index in [1.54, 1.807) is 17.9 Å². The maximum Gasteiger partial charge on any atom is 0.242 e. The highest BCUT2D eigenvalue weighted by atomic mass is 35.5. The lowest BCUT2D eigenvalue weighted by Crippen LogP contribution is -2.48. The van der Waals surface area contributed by atoms with Crippen molar-refractivity contribution in [2.45, 2.75) is 39.8 Å². The third kappa shape index (κ3) is 6.40. The molecule has 0 spiro atoms. The summed E-state index contributed by atoms with van der Waals surface area (Å²) < 4.78 is 0. The molecule has 0 saturated heterocycles. The van der Waals surface area contributed by atoms with E-state index in [2.05, 4.69) is 5.32 Å². The van der Waals surface area contributed by atoms with E-state index in [4.69, 9.17) is 11.6 Å². The lowest BCUT2D eigenvalue weighted by molar-refractivity contribution is -0.140. The number of halogens is 1. The van der Waals surface area contributed by atoms with Crippen LogP contribution in [-0.2, 0) is 22.6 Å². The van der Waals surface area contributed by atoms with Crippen molar-refractivity contribution in [3.63, 3.8) is 0 Å². The third-order valence-electron chi connectivity index (χ3n) is 4.35. The summed E-state index contributed by atoms with van der Waals surface area (Å²) in [6, 6.07) is 16.4. The molecule has 0 aliphatic heterocycles. The maximum atomic E-state index is 13.0. The number of nitrogens with one attached hydrogen (secondary N) is 1. The molecule has 144 valence electrons. The average molecular weight is 387 g/mol. The van der Waals surface area contributed by atoms with Crippen LogP contribution in [0.2, 0.25) is 5.02 Å². The molecule has 0 fully saturated rings. The van der Waals surface area contributed by atoms with Crippen molar-refractivity contribution in [2.24, 2.45) is 5.92 Å². The van der Waals surface area contributed by atoms with E-state index in [-0.39, 0.29) is 18.2 Å². The van der Waals surface area contributed by atoms with Crippen LogP contribution in [0.3, 0.4) is 0 Å². The predicted octanol–water partition coefficient (Wildman–Crippen LogP) is 4.07. The zero-order valence-corrected chi connectivity index (χ0v) is 16.9. The molecule has 0 aliphatic rings. The van der Waals surface area contributed by atoms with Crippen LogP contribution < -0.4 is 5.32 Å². The number of rotatable bonds is 8. The fourth-order valence-electron chi connectivity index (χ4n) is 2.72. The lowest BCUT2D eigenvalue weighted by atomic mass is 10.1. The number of nitrogens with zero attached hydrogens (tertiary/aromatic N) is 1. The van der Waals surface area contributed by atoms with Crippen LogP contribution in [0.15, 0.2) is 54.6 Å². The fourth-order valence-corrected chi connectivity index (χ4v) is 2.92. The van der Waals surface area contributed by atoms with Gasteiger partial charge in [0.15, 0.2) is 0 Å². The first-order valence-electron chi connectivity index (χ1n) is 9.23. The number of carbonyl (C=O) groups is 2. The highest BCUT2D eigenvalue weighted by Crippen LogP contribution is 2.18. The Balaban J connectivity index is 2.19. The molecule has 4 nitrogen and oxygen atoms in total. The molecule has 0 bridgehead atoms. The van der Waals surface area contributed by atoms with Crippen molar-refractivity contribution in [3.05, 3.63) is 70.7 Å². The summed E-state index contributed by atoms with van der Waals surface area (Å²) in [6.07, 6.45) is 0.161. The zero-order chi connectivity index (χ0) is 19.8. The Kier molecular flexibility index (Phi) is 7.86.